The molecule has 0 aliphatic rings. The van der Waals surface area contributed by atoms with E-state index in [9.17, 15) is 26.4 Å². The van der Waals surface area contributed by atoms with Gasteiger partial charge in [0.25, 0.3) is 5.91 Å². The van der Waals surface area contributed by atoms with Crippen molar-refractivity contribution in [3.8, 4) is 0 Å². The number of alkyl halides is 3. The van der Waals surface area contributed by atoms with Crippen LogP contribution < -0.4 is 9.62 Å². The molecule has 0 saturated carbocycles. The fourth-order valence-corrected chi connectivity index (χ4v) is 2.85. The zero-order chi connectivity index (χ0) is 19.7. The van der Waals surface area contributed by atoms with Crippen molar-refractivity contribution in [3.05, 3.63) is 58.6 Å². The standard InChI is InChI=1S/C16H14ClF3N2O3S/c1-22(26(2,24)25)14-8-10(6-7-13(14)17)15(23)21-12-5-3-4-11(9-12)16(18,19)20/h3-9H,1-2H3,(H,21,23). The number of benzene rings is 2. The fourth-order valence-electron chi connectivity index (χ4n) is 2.05. The third-order valence-electron chi connectivity index (χ3n) is 3.49. The highest BCUT2D eigenvalue weighted by atomic mass is 35.5. The Morgan fingerprint density at radius 1 is 1.15 bits per heavy atom. The van der Waals surface area contributed by atoms with Crippen molar-refractivity contribution >= 4 is 38.9 Å². The Kier molecular flexibility index (Phi) is 5.52. The number of hydrogen-bond acceptors (Lipinski definition) is 3. The number of nitrogens with one attached hydrogen (secondary N) is 1. The lowest BCUT2D eigenvalue weighted by molar-refractivity contribution is -0.137. The summed E-state index contributed by atoms with van der Waals surface area (Å²) >= 11 is 5.97. The first kappa shape index (κ1) is 20.1. The van der Waals surface area contributed by atoms with E-state index in [1.165, 1.54) is 37.4 Å². The predicted molar refractivity (Wildman–Crippen MR) is 94.1 cm³/mol. The van der Waals surface area contributed by atoms with Gasteiger partial charge in [-0.05, 0) is 36.4 Å². The zero-order valence-electron chi connectivity index (χ0n) is 13.6. The van der Waals surface area contributed by atoms with E-state index in [1.54, 1.807) is 0 Å². The van der Waals surface area contributed by atoms with Crippen molar-refractivity contribution in [2.24, 2.45) is 0 Å². The van der Waals surface area contributed by atoms with Gasteiger partial charge < -0.3 is 5.32 Å². The van der Waals surface area contributed by atoms with Crippen molar-refractivity contribution in [2.45, 2.75) is 6.18 Å². The van der Waals surface area contributed by atoms with Crippen LogP contribution in [-0.2, 0) is 16.2 Å². The lowest BCUT2D eigenvalue weighted by atomic mass is 10.1. The first-order valence-electron chi connectivity index (χ1n) is 7.11. The highest BCUT2D eigenvalue weighted by Crippen LogP contribution is 2.31. The molecule has 0 heterocycles. The number of carbonyl (C=O) groups excluding carboxylic acids is 1. The molecule has 2 aromatic rings. The van der Waals surface area contributed by atoms with E-state index in [-0.39, 0.29) is 22.0 Å². The van der Waals surface area contributed by atoms with Crippen LogP contribution in [0.15, 0.2) is 42.5 Å². The van der Waals surface area contributed by atoms with Gasteiger partial charge in [-0.1, -0.05) is 17.7 Å². The molecule has 140 valence electrons. The Bertz CT molecular complexity index is 946. The first-order valence-corrected chi connectivity index (χ1v) is 9.34. The summed E-state index contributed by atoms with van der Waals surface area (Å²) in [5.74, 6) is -0.704. The maximum Gasteiger partial charge on any atom is 0.416 e. The van der Waals surface area contributed by atoms with Crippen molar-refractivity contribution in [1.29, 1.82) is 0 Å². The molecule has 5 nitrogen and oxygen atoms in total. The Labute approximate surface area is 153 Å². The van der Waals surface area contributed by atoms with E-state index >= 15 is 0 Å². The summed E-state index contributed by atoms with van der Waals surface area (Å²) in [6.45, 7) is 0. The minimum absolute atomic E-state index is 0.0392. The molecule has 1 N–H and O–H groups in total. The molecule has 10 heteroatoms. The van der Waals surface area contributed by atoms with Gasteiger partial charge >= 0.3 is 6.18 Å². The predicted octanol–water partition coefficient (Wildman–Crippen LogP) is 4.01. The van der Waals surface area contributed by atoms with Crippen LogP contribution in [0.3, 0.4) is 0 Å². The summed E-state index contributed by atoms with van der Waals surface area (Å²) in [6.07, 6.45) is -3.56. The Morgan fingerprint density at radius 3 is 2.38 bits per heavy atom. The molecule has 0 bridgehead atoms. The first-order chi connectivity index (χ1) is 11.9. The molecule has 0 aliphatic heterocycles. The highest BCUT2D eigenvalue weighted by Gasteiger charge is 2.30. The lowest BCUT2D eigenvalue weighted by Crippen LogP contribution is -2.25. The van der Waals surface area contributed by atoms with Gasteiger partial charge in [0.15, 0.2) is 0 Å². The van der Waals surface area contributed by atoms with Crippen molar-refractivity contribution in [3.63, 3.8) is 0 Å². The number of rotatable bonds is 4. The van der Waals surface area contributed by atoms with Crippen LogP contribution in [0.5, 0.6) is 0 Å². The number of sulfonamides is 1. The molecule has 0 spiro atoms. The summed E-state index contributed by atoms with van der Waals surface area (Å²) in [7, 11) is -2.34. The summed E-state index contributed by atoms with van der Waals surface area (Å²) < 4.78 is 62.4. The largest absolute Gasteiger partial charge is 0.416 e. The average molecular weight is 407 g/mol. The fraction of sp³-hybridized carbons (Fsp3) is 0.188. The van der Waals surface area contributed by atoms with Crippen LogP contribution in [0, 0.1) is 0 Å². The van der Waals surface area contributed by atoms with Crippen LogP contribution in [0.2, 0.25) is 5.02 Å². The third kappa shape index (κ3) is 4.67. The number of nitrogens with zero attached hydrogens (tertiary/aromatic N) is 1. The monoisotopic (exact) mass is 406 g/mol. The van der Waals surface area contributed by atoms with Gasteiger partial charge in [0.2, 0.25) is 10.0 Å². The van der Waals surface area contributed by atoms with Crippen molar-refractivity contribution < 1.29 is 26.4 Å². The second-order valence-electron chi connectivity index (χ2n) is 5.43. The molecule has 0 aliphatic carbocycles. The molecule has 0 atom stereocenters. The molecular weight excluding hydrogens is 393 g/mol. The Hall–Kier alpha value is -2.26. The number of amides is 1. The SMILES string of the molecule is CN(c1cc(C(=O)Nc2cccc(C(F)(F)F)c2)ccc1Cl)S(C)(=O)=O. The van der Waals surface area contributed by atoms with Gasteiger partial charge in [0.1, 0.15) is 0 Å². The minimum atomic E-state index is -4.54. The molecule has 2 aromatic carbocycles. The van der Waals surface area contributed by atoms with E-state index in [0.29, 0.717) is 0 Å². The van der Waals surface area contributed by atoms with Crippen LogP contribution in [0.25, 0.3) is 0 Å². The normalized spacial score (nSPS) is 11.9. The summed E-state index contributed by atoms with van der Waals surface area (Å²) in [5.41, 5.74) is -0.829. The molecule has 2 rings (SSSR count). The number of carbonyl (C=O) groups is 1. The molecule has 0 unspecified atom stereocenters. The maximum atomic E-state index is 12.7. The third-order valence-corrected chi connectivity index (χ3v) is 5.00. The Morgan fingerprint density at radius 2 is 1.81 bits per heavy atom. The average Bonchev–Trinajstić information content (AvgIpc) is 2.53. The van der Waals surface area contributed by atoms with Gasteiger partial charge in [0, 0.05) is 18.3 Å². The topological polar surface area (TPSA) is 66.5 Å². The van der Waals surface area contributed by atoms with Gasteiger partial charge in [-0.3, -0.25) is 9.10 Å². The van der Waals surface area contributed by atoms with E-state index in [0.717, 1.165) is 22.7 Å². The van der Waals surface area contributed by atoms with Crippen molar-refractivity contribution in [1.82, 2.24) is 0 Å². The van der Waals surface area contributed by atoms with Crippen molar-refractivity contribution in [2.75, 3.05) is 22.9 Å². The number of hydrogen-bond donors (Lipinski definition) is 1. The summed E-state index contributed by atoms with van der Waals surface area (Å²) in [4.78, 5) is 12.3. The maximum absolute atomic E-state index is 12.7. The van der Waals surface area contributed by atoms with Gasteiger partial charge in [-0.25, -0.2) is 8.42 Å². The molecular formula is C16H14ClF3N2O3S. The molecule has 0 fully saturated rings. The zero-order valence-corrected chi connectivity index (χ0v) is 15.2. The number of anilines is 2. The smallest absolute Gasteiger partial charge is 0.322 e. The second kappa shape index (κ2) is 7.16. The van der Waals surface area contributed by atoms with E-state index in [1.807, 2.05) is 0 Å². The van der Waals surface area contributed by atoms with Crippen LogP contribution >= 0.6 is 11.6 Å². The van der Waals surface area contributed by atoms with Crippen LogP contribution in [0.4, 0.5) is 24.5 Å². The van der Waals surface area contributed by atoms with Crippen LogP contribution in [0.1, 0.15) is 15.9 Å². The lowest BCUT2D eigenvalue weighted by Gasteiger charge is -2.19. The van der Waals surface area contributed by atoms with Gasteiger partial charge in [-0.15, -0.1) is 0 Å². The van der Waals surface area contributed by atoms with E-state index in [2.05, 4.69) is 5.32 Å². The molecule has 1 amide bonds. The van der Waals surface area contributed by atoms with E-state index in [4.69, 9.17) is 11.6 Å². The van der Waals surface area contributed by atoms with Gasteiger partial charge in [0.05, 0.1) is 22.5 Å². The minimum Gasteiger partial charge on any atom is -0.322 e. The quantitative estimate of drug-likeness (QED) is 0.834. The molecule has 0 radical (unpaired) electrons. The molecule has 0 saturated heterocycles. The molecule has 26 heavy (non-hydrogen) atoms. The van der Waals surface area contributed by atoms with Gasteiger partial charge in [-0.2, -0.15) is 13.2 Å². The highest BCUT2D eigenvalue weighted by molar-refractivity contribution is 7.92. The van der Waals surface area contributed by atoms with Crippen LogP contribution in [-0.4, -0.2) is 27.6 Å². The number of halogens is 4. The molecule has 0 aromatic heterocycles. The van der Waals surface area contributed by atoms with E-state index < -0.39 is 27.7 Å². The summed E-state index contributed by atoms with van der Waals surface area (Å²) in [6, 6.07) is 8.08. The summed E-state index contributed by atoms with van der Waals surface area (Å²) in [5, 5.41) is 2.45. The Balaban J connectivity index is 2.31. The second-order valence-corrected chi connectivity index (χ2v) is 7.85.